The molecule has 0 amide bonds. The van der Waals surface area contributed by atoms with Crippen LogP contribution in [0.3, 0.4) is 0 Å². The number of hydrogen-bond donors (Lipinski definition) is 2. The number of anilines is 1. The Hall–Kier alpha value is -1.99. The quantitative estimate of drug-likeness (QED) is 0.341. The van der Waals surface area contributed by atoms with E-state index in [4.69, 9.17) is 9.47 Å². The molecule has 0 aliphatic carbocycles. The fraction of sp³-hybridized carbons (Fsp3) is 0.667. The van der Waals surface area contributed by atoms with Crippen LogP contribution < -0.4 is 20.3 Å². The van der Waals surface area contributed by atoms with Crippen LogP contribution in [0.15, 0.2) is 29.3 Å². The molecule has 1 aromatic rings. The van der Waals surface area contributed by atoms with E-state index in [2.05, 4.69) is 37.6 Å². The summed E-state index contributed by atoms with van der Waals surface area (Å²) >= 11 is 0. The van der Waals surface area contributed by atoms with Gasteiger partial charge in [0.15, 0.2) is 5.96 Å². The van der Waals surface area contributed by atoms with Crippen LogP contribution >= 0.6 is 0 Å². The zero-order valence-corrected chi connectivity index (χ0v) is 17.7. The summed E-state index contributed by atoms with van der Waals surface area (Å²) in [5.41, 5.74) is 1.28. The summed E-state index contributed by atoms with van der Waals surface area (Å²) in [7, 11) is 3.52. The second-order valence-electron chi connectivity index (χ2n) is 6.86. The van der Waals surface area contributed by atoms with Gasteiger partial charge in [0, 0.05) is 65.2 Å². The van der Waals surface area contributed by atoms with Crippen molar-refractivity contribution >= 4 is 11.6 Å². The van der Waals surface area contributed by atoms with E-state index in [0.717, 1.165) is 83.6 Å². The fourth-order valence-electron chi connectivity index (χ4n) is 3.28. The molecule has 1 aliphatic heterocycles. The normalized spacial score (nSPS) is 15.5. The van der Waals surface area contributed by atoms with Gasteiger partial charge in [-0.3, -0.25) is 9.89 Å². The highest BCUT2D eigenvalue weighted by molar-refractivity contribution is 5.79. The Morgan fingerprint density at radius 2 is 1.71 bits per heavy atom. The van der Waals surface area contributed by atoms with Crippen LogP contribution in [-0.2, 0) is 4.74 Å². The molecule has 1 fully saturated rings. The van der Waals surface area contributed by atoms with Crippen molar-refractivity contribution in [3.05, 3.63) is 24.3 Å². The molecule has 2 N–H and O–H groups in total. The number of hydrogen-bond acceptors (Lipinski definition) is 5. The predicted molar refractivity (Wildman–Crippen MR) is 117 cm³/mol. The average Bonchev–Trinajstić information content (AvgIpc) is 2.75. The van der Waals surface area contributed by atoms with Crippen LogP contribution in [0.25, 0.3) is 0 Å². The summed E-state index contributed by atoms with van der Waals surface area (Å²) in [5, 5.41) is 6.72. The van der Waals surface area contributed by atoms with Crippen molar-refractivity contribution in [1.29, 1.82) is 0 Å². The molecule has 0 unspecified atom stereocenters. The van der Waals surface area contributed by atoms with Crippen LogP contribution in [0.2, 0.25) is 0 Å². The van der Waals surface area contributed by atoms with Gasteiger partial charge in [0.1, 0.15) is 5.75 Å². The van der Waals surface area contributed by atoms with E-state index in [1.54, 1.807) is 7.11 Å². The molecule has 0 aromatic heterocycles. The molecule has 158 valence electrons. The molecule has 0 spiro atoms. The first kappa shape index (κ1) is 22.3. The predicted octanol–water partition coefficient (Wildman–Crippen LogP) is 1.80. The molecule has 1 heterocycles. The van der Waals surface area contributed by atoms with Crippen LogP contribution in [0.5, 0.6) is 5.75 Å². The number of rotatable bonds is 11. The molecule has 0 bridgehead atoms. The van der Waals surface area contributed by atoms with Crippen LogP contribution in [0.1, 0.15) is 19.8 Å². The van der Waals surface area contributed by atoms with E-state index >= 15 is 0 Å². The van der Waals surface area contributed by atoms with E-state index < -0.39 is 0 Å². The number of piperazine rings is 1. The van der Waals surface area contributed by atoms with E-state index in [0.29, 0.717) is 0 Å². The lowest BCUT2D eigenvalue weighted by Gasteiger charge is -2.36. The van der Waals surface area contributed by atoms with Gasteiger partial charge in [0.2, 0.25) is 0 Å². The molecular formula is C21H37N5O2. The molecule has 28 heavy (non-hydrogen) atoms. The highest BCUT2D eigenvalue weighted by atomic mass is 16.5. The monoisotopic (exact) mass is 391 g/mol. The summed E-state index contributed by atoms with van der Waals surface area (Å²) in [6, 6.07) is 8.35. The summed E-state index contributed by atoms with van der Waals surface area (Å²) in [5.74, 6) is 1.79. The zero-order valence-electron chi connectivity index (χ0n) is 17.7. The minimum absolute atomic E-state index is 0.779. The van der Waals surface area contributed by atoms with E-state index in [1.165, 1.54) is 5.69 Å². The average molecular weight is 392 g/mol. The van der Waals surface area contributed by atoms with Crippen LogP contribution in [0.4, 0.5) is 5.69 Å². The Bertz CT molecular complexity index is 556. The van der Waals surface area contributed by atoms with Crippen molar-refractivity contribution in [3.63, 3.8) is 0 Å². The largest absolute Gasteiger partial charge is 0.497 e. The number of guanidine groups is 1. The first-order valence-corrected chi connectivity index (χ1v) is 10.4. The number of benzene rings is 1. The van der Waals surface area contributed by atoms with Crippen molar-refractivity contribution in [3.8, 4) is 5.75 Å². The van der Waals surface area contributed by atoms with E-state index in [-0.39, 0.29) is 0 Å². The van der Waals surface area contributed by atoms with E-state index in [1.807, 2.05) is 26.1 Å². The van der Waals surface area contributed by atoms with Gasteiger partial charge in [-0.2, -0.15) is 0 Å². The summed E-state index contributed by atoms with van der Waals surface area (Å²) < 4.78 is 10.6. The lowest BCUT2D eigenvalue weighted by atomic mass is 10.2. The molecule has 2 rings (SSSR count). The SMILES string of the molecule is CCOCCCNC(=NC)NCCCN1CCN(c2ccc(OC)cc2)CC1. The van der Waals surface area contributed by atoms with Crippen molar-refractivity contribution < 1.29 is 9.47 Å². The molecule has 7 nitrogen and oxygen atoms in total. The first-order valence-electron chi connectivity index (χ1n) is 10.4. The molecule has 1 aromatic carbocycles. The lowest BCUT2D eigenvalue weighted by molar-refractivity contribution is 0.145. The van der Waals surface area contributed by atoms with Crippen molar-refractivity contribution in [1.82, 2.24) is 15.5 Å². The number of nitrogens with one attached hydrogen (secondary N) is 2. The van der Waals surface area contributed by atoms with Gasteiger partial charge in [0.05, 0.1) is 7.11 Å². The van der Waals surface area contributed by atoms with Gasteiger partial charge in [-0.1, -0.05) is 0 Å². The van der Waals surface area contributed by atoms with Crippen LogP contribution in [-0.4, -0.2) is 84.0 Å². The highest BCUT2D eigenvalue weighted by Crippen LogP contribution is 2.20. The molecule has 0 radical (unpaired) electrons. The third kappa shape index (κ3) is 7.94. The van der Waals surface area contributed by atoms with Crippen molar-refractivity contribution in [2.45, 2.75) is 19.8 Å². The van der Waals surface area contributed by atoms with Gasteiger partial charge >= 0.3 is 0 Å². The Labute approximate surface area is 170 Å². The van der Waals surface area contributed by atoms with Gasteiger partial charge in [-0.25, -0.2) is 0 Å². The molecule has 1 aliphatic rings. The second kappa shape index (κ2) is 13.2. The summed E-state index contributed by atoms with van der Waals surface area (Å²) in [4.78, 5) is 9.26. The number of nitrogens with zero attached hydrogens (tertiary/aromatic N) is 3. The minimum atomic E-state index is 0.779. The van der Waals surface area contributed by atoms with Crippen molar-refractivity contribution in [2.24, 2.45) is 4.99 Å². The molecule has 1 saturated heterocycles. The molecule has 0 saturated carbocycles. The Balaban J connectivity index is 1.56. The zero-order chi connectivity index (χ0) is 20.0. The lowest BCUT2D eigenvalue weighted by Crippen LogP contribution is -2.47. The van der Waals surface area contributed by atoms with Crippen LogP contribution in [0, 0.1) is 0 Å². The minimum Gasteiger partial charge on any atom is -0.497 e. The second-order valence-corrected chi connectivity index (χ2v) is 6.86. The van der Waals surface area contributed by atoms with E-state index in [9.17, 15) is 0 Å². The maximum Gasteiger partial charge on any atom is 0.190 e. The molecule has 0 atom stereocenters. The van der Waals surface area contributed by atoms with Gasteiger partial charge in [-0.15, -0.1) is 0 Å². The maximum absolute atomic E-state index is 5.35. The summed E-state index contributed by atoms with van der Waals surface area (Å²) in [6.45, 7) is 10.9. The Morgan fingerprint density at radius 1 is 1.04 bits per heavy atom. The van der Waals surface area contributed by atoms with Gasteiger partial charge in [0.25, 0.3) is 0 Å². The topological polar surface area (TPSA) is 61.4 Å². The fourth-order valence-corrected chi connectivity index (χ4v) is 3.28. The number of ether oxygens (including phenoxy) is 2. The standard InChI is InChI=1S/C21H37N5O2/c1-4-28-18-6-12-24-21(22-2)23-11-5-13-25-14-16-26(17-15-25)19-7-9-20(27-3)10-8-19/h7-10H,4-6,11-18H2,1-3H3,(H2,22,23,24). The Morgan fingerprint density at radius 3 is 2.32 bits per heavy atom. The number of aliphatic imine (C=N–C) groups is 1. The maximum atomic E-state index is 5.35. The third-order valence-electron chi connectivity index (χ3n) is 4.94. The smallest absolute Gasteiger partial charge is 0.190 e. The first-order chi connectivity index (χ1) is 13.8. The molecule has 7 heteroatoms. The van der Waals surface area contributed by atoms with Gasteiger partial charge < -0.3 is 25.0 Å². The highest BCUT2D eigenvalue weighted by Gasteiger charge is 2.16. The summed E-state index contributed by atoms with van der Waals surface area (Å²) in [6.07, 6.45) is 2.11. The van der Waals surface area contributed by atoms with Crippen molar-refractivity contribution in [2.75, 3.05) is 78.1 Å². The number of methoxy groups -OCH3 is 1. The Kier molecular flexibility index (Phi) is 10.5. The van der Waals surface area contributed by atoms with Gasteiger partial charge in [-0.05, 0) is 50.6 Å². The third-order valence-corrected chi connectivity index (χ3v) is 4.94. The molecular weight excluding hydrogens is 354 g/mol.